The fraction of sp³-hybridized carbons (Fsp3) is 0.148. The van der Waals surface area contributed by atoms with Crippen LogP contribution in [0, 0.1) is 6.92 Å². The van der Waals surface area contributed by atoms with Gasteiger partial charge in [0.05, 0.1) is 23.2 Å². The molecular formula is C27H23N5O5. The lowest BCUT2D eigenvalue weighted by atomic mass is 10.2. The number of anilines is 1. The van der Waals surface area contributed by atoms with Crippen molar-refractivity contribution in [1.82, 2.24) is 19.2 Å². The van der Waals surface area contributed by atoms with Crippen LogP contribution >= 0.6 is 0 Å². The van der Waals surface area contributed by atoms with Gasteiger partial charge in [-0.05, 0) is 56.3 Å². The van der Waals surface area contributed by atoms with Gasteiger partial charge in [-0.1, -0.05) is 35.9 Å². The normalized spacial score (nSPS) is 11.0. The molecule has 0 bridgehead atoms. The Morgan fingerprint density at radius 3 is 2.57 bits per heavy atom. The van der Waals surface area contributed by atoms with Crippen molar-refractivity contribution in [3.05, 3.63) is 94.4 Å². The molecule has 2 aromatic heterocycles. The molecule has 5 aromatic rings. The number of carbonyl (C=O) groups is 2. The van der Waals surface area contributed by atoms with Crippen LogP contribution < -0.4 is 15.7 Å². The van der Waals surface area contributed by atoms with Gasteiger partial charge in [-0.25, -0.2) is 23.7 Å². The summed E-state index contributed by atoms with van der Waals surface area (Å²) in [5.74, 6) is -0.308. The molecule has 1 amide bonds. The minimum atomic E-state index is -0.516. The first-order valence-corrected chi connectivity index (χ1v) is 11.6. The maximum atomic E-state index is 13.3. The number of esters is 1. The molecular weight excluding hydrogens is 474 g/mol. The summed E-state index contributed by atoms with van der Waals surface area (Å²) in [6.07, 6.45) is 0. The van der Waals surface area contributed by atoms with Gasteiger partial charge in [-0.3, -0.25) is 4.79 Å². The lowest BCUT2D eigenvalue weighted by molar-refractivity contribution is -0.117. The van der Waals surface area contributed by atoms with Crippen LogP contribution in [0.25, 0.3) is 16.7 Å². The van der Waals surface area contributed by atoms with E-state index in [2.05, 4.69) is 15.4 Å². The van der Waals surface area contributed by atoms with Gasteiger partial charge in [0.2, 0.25) is 11.6 Å². The van der Waals surface area contributed by atoms with E-state index in [9.17, 15) is 14.4 Å². The third kappa shape index (κ3) is 4.90. The Morgan fingerprint density at radius 1 is 1.00 bits per heavy atom. The van der Waals surface area contributed by atoms with Crippen LogP contribution in [0.5, 0.6) is 11.6 Å². The van der Waals surface area contributed by atoms with Crippen molar-refractivity contribution < 1.29 is 19.1 Å². The number of ether oxygens (including phenoxy) is 2. The van der Waals surface area contributed by atoms with Gasteiger partial charge in [0.15, 0.2) is 0 Å². The number of para-hydroxylation sites is 2. The zero-order chi connectivity index (χ0) is 25.9. The Morgan fingerprint density at radius 2 is 1.78 bits per heavy atom. The summed E-state index contributed by atoms with van der Waals surface area (Å²) >= 11 is 0. The minimum absolute atomic E-state index is 0.140. The van der Waals surface area contributed by atoms with Crippen molar-refractivity contribution in [2.45, 2.75) is 20.4 Å². The maximum absolute atomic E-state index is 13.3. The molecule has 1 N–H and O–H groups in total. The Balaban J connectivity index is 1.48. The van der Waals surface area contributed by atoms with Crippen LogP contribution in [0.2, 0.25) is 0 Å². The highest BCUT2D eigenvalue weighted by atomic mass is 16.5. The Hall–Kier alpha value is -4.99. The molecule has 5 rings (SSSR count). The lowest BCUT2D eigenvalue weighted by Crippen LogP contribution is -2.28. The summed E-state index contributed by atoms with van der Waals surface area (Å²) in [5.41, 5.74) is 2.51. The van der Waals surface area contributed by atoms with Gasteiger partial charge in [-0.15, -0.1) is 5.10 Å². The predicted octanol–water partition coefficient (Wildman–Crippen LogP) is 3.96. The van der Waals surface area contributed by atoms with E-state index in [1.165, 1.54) is 10.5 Å². The van der Waals surface area contributed by atoms with Gasteiger partial charge >= 0.3 is 11.7 Å². The number of hydrogen-bond donors (Lipinski definition) is 1. The number of fused-ring (bicyclic) bond motifs is 3. The highest BCUT2D eigenvalue weighted by Crippen LogP contribution is 2.26. The lowest BCUT2D eigenvalue weighted by Gasteiger charge is -2.07. The topological polar surface area (TPSA) is 117 Å². The summed E-state index contributed by atoms with van der Waals surface area (Å²) in [6.45, 7) is 3.57. The SMILES string of the molecule is CCOC(=O)c1cccc(NC(=O)Cn2nc3c(Oc4ccc(C)cc4)nc4ccccc4n3c2=O)c1. The molecule has 10 nitrogen and oxygen atoms in total. The molecule has 0 saturated heterocycles. The third-order valence-electron chi connectivity index (χ3n) is 5.56. The summed E-state index contributed by atoms with van der Waals surface area (Å²) in [4.78, 5) is 42.7. The highest BCUT2D eigenvalue weighted by molar-refractivity contribution is 5.94. The second-order valence-electron chi connectivity index (χ2n) is 8.27. The van der Waals surface area contributed by atoms with Gasteiger partial charge < -0.3 is 14.8 Å². The molecule has 0 radical (unpaired) electrons. The summed E-state index contributed by atoms with van der Waals surface area (Å²) in [7, 11) is 0. The van der Waals surface area contributed by atoms with Crippen molar-refractivity contribution in [1.29, 1.82) is 0 Å². The Kier molecular flexibility index (Phi) is 6.38. The van der Waals surface area contributed by atoms with Crippen molar-refractivity contribution in [3.8, 4) is 11.6 Å². The fourth-order valence-corrected chi connectivity index (χ4v) is 3.83. The van der Waals surface area contributed by atoms with Crippen LogP contribution in [-0.4, -0.2) is 37.6 Å². The second-order valence-corrected chi connectivity index (χ2v) is 8.27. The van der Waals surface area contributed by atoms with Gasteiger partial charge in [-0.2, -0.15) is 0 Å². The second kappa shape index (κ2) is 9.94. The Bertz CT molecular complexity index is 1690. The first-order chi connectivity index (χ1) is 17.9. The van der Waals surface area contributed by atoms with E-state index < -0.39 is 17.6 Å². The van der Waals surface area contributed by atoms with Crippen LogP contribution in [-0.2, 0) is 16.1 Å². The number of hydrogen-bond acceptors (Lipinski definition) is 7. The van der Waals surface area contributed by atoms with Gasteiger partial charge in [0, 0.05) is 5.69 Å². The van der Waals surface area contributed by atoms with E-state index in [-0.39, 0.29) is 24.7 Å². The van der Waals surface area contributed by atoms with E-state index in [1.807, 2.05) is 25.1 Å². The van der Waals surface area contributed by atoms with E-state index >= 15 is 0 Å². The van der Waals surface area contributed by atoms with E-state index in [4.69, 9.17) is 9.47 Å². The van der Waals surface area contributed by atoms with E-state index in [0.29, 0.717) is 28.0 Å². The number of rotatable bonds is 7. The van der Waals surface area contributed by atoms with E-state index in [1.54, 1.807) is 55.5 Å². The zero-order valence-electron chi connectivity index (χ0n) is 20.2. The van der Waals surface area contributed by atoms with Crippen LogP contribution in [0.3, 0.4) is 0 Å². The molecule has 0 atom stereocenters. The van der Waals surface area contributed by atoms with Crippen molar-refractivity contribution in [2.75, 3.05) is 11.9 Å². The fourth-order valence-electron chi connectivity index (χ4n) is 3.83. The smallest absolute Gasteiger partial charge is 0.351 e. The summed E-state index contributed by atoms with van der Waals surface area (Å²) in [6, 6.07) is 20.9. The van der Waals surface area contributed by atoms with E-state index in [0.717, 1.165) is 10.2 Å². The molecule has 0 aliphatic rings. The molecule has 2 heterocycles. The number of aromatic nitrogens is 4. The molecule has 37 heavy (non-hydrogen) atoms. The monoisotopic (exact) mass is 497 g/mol. The van der Waals surface area contributed by atoms with Crippen LogP contribution in [0.4, 0.5) is 5.69 Å². The number of amides is 1. The predicted molar refractivity (Wildman–Crippen MR) is 137 cm³/mol. The Labute approximate surface area is 211 Å². The molecule has 0 spiro atoms. The third-order valence-corrected chi connectivity index (χ3v) is 5.56. The quantitative estimate of drug-likeness (QED) is 0.338. The molecule has 0 aliphatic heterocycles. The molecule has 0 unspecified atom stereocenters. The van der Waals surface area contributed by atoms with Gasteiger partial charge in [0.25, 0.3) is 5.88 Å². The molecule has 186 valence electrons. The molecule has 0 saturated carbocycles. The van der Waals surface area contributed by atoms with Crippen LogP contribution in [0.15, 0.2) is 77.6 Å². The molecule has 10 heteroatoms. The minimum Gasteiger partial charge on any atom is -0.462 e. The van der Waals surface area contributed by atoms with Crippen molar-refractivity contribution in [3.63, 3.8) is 0 Å². The average Bonchev–Trinajstić information content (AvgIpc) is 3.22. The summed E-state index contributed by atoms with van der Waals surface area (Å²) < 4.78 is 13.4. The standard InChI is InChI=1S/C27H23N5O5/c1-3-36-26(34)18-7-6-8-19(15-18)28-23(33)16-31-27(35)32-22-10-5-4-9-21(22)29-25(24(32)30-31)37-20-13-11-17(2)12-14-20/h4-15H,3,16H2,1-2H3,(H,28,33). The van der Waals surface area contributed by atoms with Crippen molar-refractivity contribution in [2.24, 2.45) is 0 Å². The first-order valence-electron chi connectivity index (χ1n) is 11.6. The summed E-state index contributed by atoms with van der Waals surface area (Å²) in [5, 5.41) is 7.07. The maximum Gasteiger partial charge on any atom is 0.351 e. The van der Waals surface area contributed by atoms with Gasteiger partial charge in [0.1, 0.15) is 12.3 Å². The molecule has 0 fully saturated rings. The number of benzene rings is 3. The molecule has 3 aromatic carbocycles. The number of aryl methyl sites for hydroxylation is 1. The van der Waals surface area contributed by atoms with Crippen molar-refractivity contribution >= 4 is 34.2 Å². The number of nitrogens with one attached hydrogen (secondary N) is 1. The number of nitrogens with zero attached hydrogens (tertiary/aromatic N) is 4. The molecule has 0 aliphatic carbocycles. The highest BCUT2D eigenvalue weighted by Gasteiger charge is 2.19. The first kappa shape index (κ1) is 23.7. The number of carbonyl (C=O) groups excluding carboxylic acids is 2. The average molecular weight is 498 g/mol. The van der Waals surface area contributed by atoms with Crippen LogP contribution in [0.1, 0.15) is 22.8 Å². The largest absolute Gasteiger partial charge is 0.462 e. The zero-order valence-corrected chi connectivity index (χ0v) is 20.2.